The van der Waals surface area contributed by atoms with Gasteiger partial charge in [0.05, 0.1) is 29.7 Å². The van der Waals surface area contributed by atoms with Gasteiger partial charge in [-0.2, -0.15) is 11.8 Å². The zero-order chi connectivity index (χ0) is 14.8. The lowest BCUT2D eigenvalue weighted by molar-refractivity contribution is 0.0984. The maximum atomic E-state index is 5.51. The maximum absolute atomic E-state index is 5.51. The molecule has 20 heavy (non-hydrogen) atoms. The maximum Gasteiger partial charge on any atom is 0.189 e. The molecule has 1 aromatic heterocycles. The van der Waals surface area contributed by atoms with Crippen LogP contribution in [0, 0.1) is 0 Å². The normalized spacial score (nSPS) is 20.2. The molecule has 0 aliphatic carbocycles. The number of aromatic nitrogens is 2. The van der Waals surface area contributed by atoms with Crippen molar-refractivity contribution in [3.63, 3.8) is 0 Å². The van der Waals surface area contributed by atoms with E-state index in [9.17, 15) is 0 Å². The fraction of sp³-hybridized carbons (Fsp3) is 0.714. The monoisotopic (exact) mass is 313 g/mol. The van der Waals surface area contributed by atoms with Crippen LogP contribution in [0.4, 0.5) is 5.82 Å². The molecule has 1 aliphatic heterocycles. The van der Waals surface area contributed by atoms with E-state index in [1.165, 1.54) is 0 Å². The number of nitrogens with zero attached hydrogens (tertiary/aromatic N) is 3. The fourth-order valence-electron chi connectivity index (χ4n) is 2.13. The number of hydrogen-bond acceptors (Lipinski definition) is 6. The Morgan fingerprint density at radius 2 is 2.10 bits per heavy atom. The zero-order valence-corrected chi connectivity index (χ0v) is 14.5. The smallest absolute Gasteiger partial charge is 0.189 e. The van der Waals surface area contributed by atoms with Crippen LogP contribution in [-0.4, -0.2) is 48.3 Å². The quantitative estimate of drug-likeness (QED) is 0.628. The van der Waals surface area contributed by atoms with Crippen molar-refractivity contribution in [2.45, 2.75) is 36.7 Å². The van der Waals surface area contributed by atoms with Gasteiger partial charge in [0, 0.05) is 12.6 Å². The van der Waals surface area contributed by atoms with Crippen molar-refractivity contribution in [1.29, 1.82) is 0 Å². The van der Waals surface area contributed by atoms with E-state index in [0.717, 1.165) is 36.4 Å². The third-order valence-electron chi connectivity index (χ3n) is 3.66. The number of anilines is 1. The lowest BCUT2D eigenvalue weighted by Gasteiger charge is -2.35. The molecule has 0 radical (unpaired) electrons. The third-order valence-corrected chi connectivity index (χ3v) is 5.44. The van der Waals surface area contributed by atoms with E-state index in [4.69, 9.17) is 4.74 Å². The Morgan fingerprint density at radius 1 is 1.35 bits per heavy atom. The van der Waals surface area contributed by atoms with Crippen LogP contribution in [0.3, 0.4) is 0 Å². The van der Waals surface area contributed by atoms with Crippen LogP contribution in [0.2, 0.25) is 0 Å². The van der Waals surface area contributed by atoms with Crippen LogP contribution in [0.15, 0.2) is 11.2 Å². The second-order valence-electron chi connectivity index (χ2n) is 5.43. The van der Waals surface area contributed by atoms with Gasteiger partial charge >= 0.3 is 0 Å². The van der Waals surface area contributed by atoms with Crippen LogP contribution in [0.1, 0.15) is 26.5 Å². The molecule has 0 amide bonds. The largest absolute Gasteiger partial charge is 0.377 e. The summed E-state index contributed by atoms with van der Waals surface area (Å²) in [6.45, 7) is 9.02. The first-order chi connectivity index (χ1) is 9.47. The van der Waals surface area contributed by atoms with Gasteiger partial charge in [-0.15, -0.1) is 0 Å². The Kier molecular flexibility index (Phi) is 5.20. The van der Waals surface area contributed by atoms with Crippen LogP contribution >= 0.6 is 23.5 Å². The molecule has 0 spiro atoms. The summed E-state index contributed by atoms with van der Waals surface area (Å²) in [6.07, 6.45) is 4.15. The van der Waals surface area contributed by atoms with Crippen LogP contribution < -0.4 is 4.90 Å². The number of rotatable bonds is 4. The molecule has 0 bridgehead atoms. The van der Waals surface area contributed by atoms with Crippen LogP contribution in [0.25, 0.3) is 0 Å². The van der Waals surface area contributed by atoms with Crippen molar-refractivity contribution < 1.29 is 4.74 Å². The summed E-state index contributed by atoms with van der Waals surface area (Å²) in [5.74, 6) is 1.03. The molecule has 1 saturated heterocycles. The highest BCUT2D eigenvalue weighted by molar-refractivity contribution is 7.99. The average Bonchev–Trinajstić information content (AvgIpc) is 2.47. The molecule has 2 rings (SSSR count). The highest BCUT2D eigenvalue weighted by atomic mass is 32.2. The summed E-state index contributed by atoms with van der Waals surface area (Å²) < 4.78 is 5.51. The summed E-state index contributed by atoms with van der Waals surface area (Å²) in [4.78, 5) is 11.7. The van der Waals surface area contributed by atoms with E-state index in [2.05, 4.69) is 48.0 Å². The van der Waals surface area contributed by atoms with Crippen molar-refractivity contribution in [2.24, 2.45) is 0 Å². The number of morpholine rings is 1. The van der Waals surface area contributed by atoms with E-state index in [1.807, 2.05) is 18.0 Å². The number of hydrogen-bond donors (Lipinski definition) is 0. The summed E-state index contributed by atoms with van der Waals surface area (Å²) >= 11 is 3.41. The molecule has 1 aliphatic rings. The molecule has 6 heteroatoms. The Hall–Kier alpha value is -0.460. The van der Waals surface area contributed by atoms with Gasteiger partial charge < -0.3 is 9.64 Å². The zero-order valence-electron chi connectivity index (χ0n) is 12.8. The first-order valence-corrected chi connectivity index (χ1v) is 9.26. The molecule has 0 N–H and O–H groups in total. The SMILES string of the molecule is CSc1nc(N2CCOC[C@H]2C)cc(C(C)(C)SC)n1. The predicted octanol–water partition coefficient (Wildman–Crippen LogP) is 3.02. The highest BCUT2D eigenvalue weighted by Crippen LogP contribution is 2.35. The summed E-state index contributed by atoms with van der Waals surface area (Å²) in [5.41, 5.74) is 1.10. The molecule has 0 unspecified atom stereocenters. The predicted molar refractivity (Wildman–Crippen MR) is 88.0 cm³/mol. The summed E-state index contributed by atoms with van der Waals surface area (Å²) in [6, 6.07) is 2.50. The van der Waals surface area contributed by atoms with Crippen LogP contribution in [0.5, 0.6) is 0 Å². The molecular weight excluding hydrogens is 290 g/mol. The van der Waals surface area contributed by atoms with Gasteiger partial charge in [0.15, 0.2) is 5.16 Å². The minimum absolute atomic E-state index is 0.00229. The van der Waals surface area contributed by atoms with Crippen molar-refractivity contribution in [1.82, 2.24) is 9.97 Å². The van der Waals surface area contributed by atoms with Gasteiger partial charge in [-0.3, -0.25) is 0 Å². The second-order valence-corrected chi connectivity index (χ2v) is 7.63. The van der Waals surface area contributed by atoms with E-state index >= 15 is 0 Å². The van der Waals surface area contributed by atoms with Crippen LogP contribution in [-0.2, 0) is 9.48 Å². The minimum atomic E-state index is -0.00229. The van der Waals surface area contributed by atoms with E-state index < -0.39 is 0 Å². The summed E-state index contributed by atoms with van der Waals surface area (Å²) in [5, 5.41) is 0.846. The standard InChI is InChI=1S/C14H23N3OS2/c1-10-9-18-7-6-17(10)12-8-11(14(2,3)20-5)15-13(16-12)19-4/h8,10H,6-7,9H2,1-5H3/t10-/m1/s1. The molecule has 1 aromatic rings. The van der Waals surface area contributed by atoms with Gasteiger partial charge in [0.25, 0.3) is 0 Å². The Labute approximate surface area is 130 Å². The van der Waals surface area contributed by atoms with Crippen molar-refractivity contribution in [3.8, 4) is 0 Å². The number of thioether (sulfide) groups is 2. The van der Waals surface area contributed by atoms with Crippen molar-refractivity contribution >= 4 is 29.3 Å². The minimum Gasteiger partial charge on any atom is -0.377 e. The third kappa shape index (κ3) is 3.40. The van der Waals surface area contributed by atoms with E-state index in [-0.39, 0.29) is 4.75 Å². The first kappa shape index (κ1) is 15.9. The molecule has 1 atom stereocenters. The van der Waals surface area contributed by atoms with Gasteiger partial charge in [-0.05, 0) is 33.3 Å². The van der Waals surface area contributed by atoms with Crippen molar-refractivity contribution in [3.05, 3.63) is 11.8 Å². The molecule has 0 aromatic carbocycles. The molecule has 4 nitrogen and oxygen atoms in total. The molecular formula is C14H23N3OS2. The molecule has 112 valence electrons. The molecule has 2 heterocycles. The van der Waals surface area contributed by atoms with Gasteiger partial charge in [0.2, 0.25) is 0 Å². The lowest BCUT2D eigenvalue weighted by atomic mass is 10.1. The number of ether oxygens (including phenoxy) is 1. The first-order valence-electron chi connectivity index (χ1n) is 6.81. The Morgan fingerprint density at radius 3 is 2.70 bits per heavy atom. The fourth-order valence-corrected chi connectivity index (χ4v) is 2.82. The Balaban J connectivity index is 2.39. The second kappa shape index (κ2) is 6.54. The lowest BCUT2D eigenvalue weighted by Crippen LogP contribution is -2.44. The van der Waals surface area contributed by atoms with E-state index in [0.29, 0.717) is 6.04 Å². The van der Waals surface area contributed by atoms with Gasteiger partial charge in [-0.25, -0.2) is 9.97 Å². The van der Waals surface area contributed by atoms with E-state index in [1.54, 1.807) is 11.8 Å². The molecule has 0 saturated carbocycles. The molecule has 1 fully saturated rings. The Bertz CT molecular complexity index is 468. The van der Waals surface area contributed by atoms with Gasteiger partial charge in [0.1, 0.15) is 5.82 Å². The topological polar surface area (TPSA) is 38.2 Å². The average molecular weight is 313 g/mol. The highest BCUT2D eigenvalue weighted by Gasteiger charge is 2.26. The summed E-state index contributed by atoms with van der Waals surface area (Å²) in [7, 11) is 0. The van der Waals surface area contributed by atoms with Crippen molar-refractivity contribution in [2.75, 3.05) is 37.2 Å². The van der Waals surface area contributed by atoms with Gasteiger partial charge in [-0.1, -0.05) is 11.8 Å².